The molecule has 2 N–H and O–H groups in total. The molecular weight excluding hydrogens is 168 g/mol. The molecule has 1 atom stereocenters. The van der Waals surface area contributed by atoms with E-state index in [0.29, 0.717) is 0 Å². The maximum absolute atomic E-state index is 10.4. The second kappa shape index (κ2) is 4.87. The van der Waals surface area contributed by atoms with E-state index in [1.165, 1.54) is 6.42 Å². The van der Waals surface area contributed by atoms with Crippen LogP contribution in [0.2, 0.25) is 0 Å². The minimum absolute atomic E-state index is 0.224. The third-order valence-corrected chi connectivity index (χ3v) is 2.28. The van der Waals surface area contributed by atoms with Crippen LogP contribution in [0.25, 0.3) is 0 Å². The molecule has 13 heavy (non-hydrogen) atoms. The third-order valence-electron chi connectivity index (χ3n) is 2.28. The summed E-state index contributed by atoms with van der Waals surface area (Å²) in [6.07, 6.45) is 3.96. The zero-order valence-corrected chi connectivity index (χ0v) is 7.70. The number of rotatable bonds is 3. The van der Waals surface area contributed by atoms with E-state index in [1.54, 1.807) is 6.08 Å². The van der Waals surface area contributed by atoms with Crippen LogP contribution in [0.4, 0.5) is 4.79 Å². The third kappa shape index (κ3) is 3.06. The molecular formula is C9H16N2O2. The monoisotopic (exact) mass is 184 g/mol. The van der Waals surface area contributed by atoms with Gasteiger partial charge in [-0.05, 0) is 12.8 Å². The smallest absolute Gasteiger partial charge is 0.406 e. The average molecular weight is 184 g/mol. The van der Waals surface area contributed by atoms with Crippen molar-refractivity contribution in [3.05, 3.63) is 12.7 Å². The SMILES string of the molecule is C=CC(NC(=O)O)N1CCCCC1. The van der Waals surface area contributed by atoms with Gasteiger partial charge in [0.2, 0.25) is 0 Å². The van der Waals surface area contributed by atoms with Gasteiger partial charge in [0.25, 0.3) is 0 Å². The van der Waals surface area contributed by atoms with E-state index in [0.717, 1.165) is 25.9 Å². The lowest BCUT2D eigenvalue weighted by atomic mass is 10.1. The summed E-state index contributed by atoms with van der Waals surface area (Å²) in [5.41, 5.74) is 0. The maximum atomic E-state index is 10.4. The van der Waals surface area contributed by atoms with E-state index >= 15 is 0 Å². The van der Waals surface area contributed by atoms with Gasteiger partial charge < -0.3 is 10.4 Å². The average Bonchev–Trinajstić information content (AvgIpc) is 2.15. The predicted molar refractivity (Wildman–Crippen MR) is 50.6 cm³/mol. The lowest BCUT2D eigenvalue weighted by molar-refractivity contribution is 0.146. The summed E-state index contributed by atoms with van der Waals surface area (Å²) in [6.45, 7) is 5.53. The van der Waals surface area contributed by atoms with E-state index in [9.17, 15) is 4.79 Å². The zero-order valence-electron chi connectivity index (χ0n) is 7.70. The standard InChI is InChI=1S/C9H16N2O2/c1-2-8(10-9(12)13)11-6-4-3-5-7-11/h2,8,10H,1,3-7H2,(H,12,13). The van der Waals surface area contributed by atoms with E-state index in [-0.39, 0.29) is 6.17 Å². The normalized spacial score (nSPS) is 20.6. The molecule has 1 heterocycles. The summed E-state index contributed by atoms with van der Waals surface area (Å²) in [7, 11) is 0. The van der Waals surface area contributed by atoms with Crippen molar-refractivity contribution in [2.75, 3.05) is 13.1 Å². The Hall–Kier alpha value is -1.03. The molecule has 4 nitrogen and oxygen atoms in total. The highest BCUT2D eigenvalue weighted by Crippen LogP contribution is 2.11. The van der Waals surface area contributed by atoms with Gasteiger partial charge in [0, 0.05) is 13.1 Å². The fourth-order valence-electron chi connectivity index (χ4n) is 1.62. The number of likely N-dealkylation sites (tertiary alicyclic amines) is 1. The van der Waals surface area contributed by atoms with Crippen LogP contribution in [0.1, 0.15) is 19.3 Å². The molecule has 0 radical (unpaired) electrons. The van der Waals surface area contributed by atoms with E-state index in [2.05, 4.69) is 16.8 Å². The molecule has 1 aliphatic heterocycles. The lowest BCUT2D eigenvalue weighted by Crippen LogP contribution is -2.48. The molecule has 0 spiro atoms. The Labute approximate surface area is 78.2 Å². The highest BCUT2D eigenvalue weighted by Gasteiger charge is 2.18. The molecule has 1 unspecified atom stereocenters. The van der Waals surface area contributed by atoms with Gasteiger partial charge in [-0.2, -0.15) is 0 Å². The minimum atomic E-state index is -0.990. The number of nitrogens with one attached hydrogen (secondary N) is 1. The van der Waals surface area contributed by atoms with Gasteiger partial charge in [-0.1, -0.05) is 19.1 Å². The van der Waals surface area contributed by atoms with Crippen LogP contribution in [0, 0.1) is 0 Å². The van der Waals surface area contributed by atoms with Crippen molar-refractivity contribution in [1.29, 1.82) is 0 Å². The topological polar surface area (TPSA) is 52.6 Å². The van der Waals surface area contributed by atoms with Crippen LogP contribution < -0.4 is 5.32 Å². The maximum Gasteiger partial charge on any atom is 0.406 e. The van der Waals surface area contributed by atoms with Crippen molar-refractivity contribution in [2.45, 2.75) is 25.4 Å². The summed E-state index contributed by atoms with van der Waals surface area (Å²) in [4.78, 5) is 12.5. The first-order valence-corrected chi connectivity index (χ1v) is 4.60. The Balaban J connectivity index is 2.43. The number of amides is 1. The van der Waals surface area contributed by atoms with E-state index in [4.69, 9.17) is 5.11 Å². The van der Waals surface area contributed by atoms with Crippen molar-refractivity contribution in [2.24, 2.45) is 0 Å². The Bertz CT molecular complexity index is 188. The summed E-state index contributed by atoms with van der Waals surface area (Å²) in [5, 5.41) is 11.0. The van der Waals surface area contributed by atoms with Crippen molar-refractivity contribution in [1.82, 2.24) is 10.2 Å². The fraction of sp³-hybridized carbons (Fsp3) is 0.667. The molecule has 1 fully saturated rings. The van der Waals surface area contributed by atoms with E-state index in [1.807, 2.05) is 0 Å². The molecule has 0 aromatic heterocycles. The lowest BCUT2D eigenvalue weighted by Gasteiger charge is -2.32. The van der Waals surface area contributed by atoms with Crippen LogP contribution in [0.15, 0.2) is 12.7 Å². The first kappa shape index (κ1) is 10.1. The number of piperidine rings is 1. The van der Waals surface area contributed by atoms with Gasteiger partial charge in [-0.15, -0.1) is 0 Å². The quantitative estimate of drug-likeness (QED) is 0.649. The molecule has 0 aromatic carbocycles. The largest absolute Gasteiger partial charge is 0.465 e. The molecule has 0 saturated carbocycles. The number of carboxylic acid groups (broad SMARTS) is 1. The first-order chi connectivity index (χ1) is 6.24. The second-order valence-electron chi connectivity index (χ2n) is 3.23. The highest BCUT2D eigenvalue weighted by molar-refractivity contribution is 5.65. The van der Waals surface area contributed by atoms with Crippen LogP contribution in [0.5, 0.6) is 0 Å². The Kier molecular flexibility index (Phi) is 3.76. The summed E-state index contributed by atoms with van der Waals surface area (Å²) in [5.74, 6) is 0. The summed E-state index contributed by atoms with van der Waals surface area (Å²) >= 11 is 0. The number of nitrogens with zero attached hydrogens (tertiary/aromatic N) is 1. The Morgan fingerprint density at radius 1 is 1.46 bits per heavy atom. The van der Waals surface area contributed by atoms with Crippen molar-refractivity contribution >= 4 is 6.09 Å². The van der Waals surface area contributed by atoms with Gasteiger partial charge in [0.05, 0.1) is 0 Å². The van der Waals surface area contributed by atoms with Crippen LogP contribution in [0.3, 0.4) is 0 Å². The van der Waals surface area contributed by atoms with Crippen molar-refractivity contribution in [3.8, 4) is 0 Å². The number of hydrogen-bond donors (Lipinski definition) is 2. The molecule has 4 heteroatoms. The molecule has 0 aromatic rings. The molecule has 0 aliphatic carbocycles. The Morgan fingerprint density at radius 2 is 2.08 bits per heavy atom. The van der Waals surface area contributed by atoms with Crippen molar-refractivity contribution in [3.63, 3.8) is 0 Å². The van der Waals surface area contributed by atoms with Crippen LogP contribution >= 0.6 is 0 Å². The van der Waals surface area contributed by atoms with Crippen molar-refractivity contribution < 1.29 is 9.90 Å². The highest BCUT2D eigenvalue weighted by atomic mass is 16.4. The van der Waals surface area contributed by atoms with Gasteiger partial charge in [0.1, 0.15) is 6.17 Å². The molecule has 1 aliphatic rings. The molecule has 1 amide bonds. The molecule has 1 rings (SSSR count). The second-order valence-corrected chi connectivity index (χ2v) is 3.23. The summed E-state index contributed by atoms with van der Waals surface area (Å²) < 4.78 is 0. The summed E-state index contributed by atoms with van der Waals surface area (Å²) in [6, 6.07) is 0. The van der Waals surface area contributed by atoms with Gasteiger partial charge >= 0.3 is 6.09 Å². The molecule has 74 valence electrons. The number of carbonyl (C=O) groups is 1. The minimum Gasteiger partial charge on any atom is -0.465 e. The Morgan fingerprint density at radius 3 is 2.54 bits per heavy atom. The first-order valence-electron chi connectivity index (χ1n) is 4.60. The van der Waals surface area contributed by atoms with Gasteiger partial charge in [0.15, 0.2) is 0 Å². The predicted octanol–water partition coefficient (Wildman–Crippen LogP) is 1.25. The van der Waals surface area contributed by atoms with Crippen LogP contribution in [-0.4, -0.2) is 35.4 Å². The van der Waals surface area contributed by atoms with Gasteiger partial charge in [-0.3, -0.25) is 4.90 Å². The van der Waals surface area contributed by atoms with E-state index < -0.39 is 6.09 Å². The fourth-order valence-corrected chi connectivity index (χ4v) is 1.62. The van der Waals surface area contributed by atoms with Gasteiger partial charge in [-0.25, -0.2) is 4.79 Å². The number of hydrogen-bond acceptors (Lipinski definition) is 2. The zero-order chi connectivity index (χ0) is 9.68. The molecule has 0 bridgehead atoms. The van der Waals surface area contributed by atoms with Crippen LogP contribution in [-0.2, 0) is 0 Å². The molecule has 1 saturated heterocycles.